The van der Waals surface area contributed by atoms with Crippen molar-refractivity contribution in [3.63, 3.8) is 0 Å². The molecule has 0 saturated heterocycles. The molecular formula is C17H19N3O3. The summed E-state index contributed by atoms with van der Waals surface area (Å²) in [5.74, 6) is 2.13. The highest BCUT2D eigenvalue weighted by Crippen LogP contribution is 2.30. The zero-order chi connectivity index (χ0) is 16.2. The molecule has 1 N–H and O–H groups in total. The predicted octanol–water partition coefficient (Wildman–Crippen LogP) is 1.85. The number of carbonyl (C=O) groups is 1. The second-order valence-corrected chi connectivity index (χ2v) is 5.46. The first-order valence-electron chi connectivity index (χ1n) is 7.43. The van der Waals surface area contributed by atoms with Gasteiger partial charge in [0.1, 0.15) is 19.0 Å². The lowest BCUT2D eigenvalue weighted by molar-refractivity contribution is 0.0950. The van der Waals surface area contributed by atoms with E-state index in [-0.39, 0.29) is 5.91 Å². The summed E-state index contributed by atoms with van der Waals surface area (Å²) in [5, 5.41) is 2.88. The van der Waals surface area contributed by atoms with Gasteiger partial charge in [-0.25, -0.2) is 4.98 Å². The van der Waals surface area contributed by atoms with Crippen LogP contribution in [0.1, 0.15) is 15.9 Å². The number of benzene rings is 1. The molecule has 120 valence electrons. The van der Waals surface area contributed by atoms with Gasteiger partial charge >= 0.3 is 0 Å². The van der Waals surface area contributed by atoms with Crippen molar-refractivity contribution < 1.29 is 14.3 Å². The van der Waals surface area contributed by atoms with Crippen LogP contribution >= 0.6 is 0 Å². The molecule has 0 bridgehead atoms. The van der Waals surface area contributed by atoms with Gasteiger partial charge in [-0.3, -0.25) is 4.79 Å². The second-order valence-electron chi connectivity index (χ2n) is 5.46. The number of nitrogens with zero attached hydrogens (tertiary/aromatic N) is 2. The van der Waals surface area contributed by atoms with Gasteiger partial charge in [0.25, 0.3) is 5.91 Å². The van der Waals surface area contributed by atoms with Gasteiger partial charge in [-0.2, -0.15) is 0 Å². The third-order valence-corrected chi connectivity index (χ3v) is 3.53. The van der Waals surface area contributed by atoms with Gasteiger partial charge < -0.3 is 19.7 Å². The smallest absolute Gasteiger partial charge is 0.253 e. The highest BCUT2D eigenvalue weighted by Gasteiger charge is 2.12. The molecule has 23 heavy (non-hydrogen) atoms. The summed E-state index contributed by atoms with van der Waals surface area (Å²) in [7, 11) is 3.81. The molecule has 0 saturated carbocycles. The molecule has 0 radical (unpaired) electrons. The van der Waals surface area contributed by atoms with Crippen molar-refractivity contribution in [1.29, 1.82) is 0 Å². The van der Waals surface area contributed by atoms with E-state index in [9.17, 15) is 4.79 Å². The molecule has 2 aromatic rings. The van der Waals surface area contributed by atoms with Gasteiger partial charge in [0, 0.05) is 26.8 Å². The normalized spacial score (nSPS) is 12.6. The molecule has 1 amide bonds. The maximum absolute atomic E-state index is 12.2. The number of amides is 1. The monoisotopic (exact) mass is 313 g/mol. The van der Waals surface area contributed by atoms with Crippen LogP contribution in [0.3, 0.4) is 0 Å². The van der Waals surface area contributed by atoms with Crippen molar-refractivity contribution in [3.8, 4) is 11.5 Å². The molecule has 0 atom stereocenters. The molecule has 0 aliphatic carbocycles. The SMILES string of the molecule is CN(C)c1ccc(C(=O)NCc2ccc3c(c2)OCCO3)cn1. The summed E-state index contributed by atoms with van der Waals surface area (Å²) in [4.78, 5) is 18.3. The summed E-state index contributed by atoms with van der Waals surface area (Å²) in [6, 6.07) is 9.26. The van der Waals surface area contributed by atoms with Crippen molar-refractivity contribution in [2.24, 2.45) is 0 Å². The topological polar surface area (TPSA) is 63.7 Å². The zero-order valence-corrected chi connectivity index (χ0v) is 13.2. The van der Waals surface area contributed by atoms with Crippen LogP contribution in [-0.2, 0) is 6.54 Å². The van der Waals surface area contributed by atoms with Crippen LogP contribution in [0.5, 0.6) is 11.5 Å². The van der Waals surface area contributed by atoms with Crippen molar-refractivity contribution in [2.45, 2.75) is 6.54 Å². The molecule has 2 heterocycles. The van der Waals surface area contributed by atoms with Gasteiger partial charge in [0.2, 0.25) is 0 Å². The molecular weight excluding hydrogens is 294 g/mol. The Balaban J connectivity index is 1.62. The first-order chi connectivity index (χ1) is 11.1. The zero-order valence-electron chi connectivity index (χ0n) is 13.2. The van der Waals surface area contributed by atoms with E-state index < -0.39 is 0 Å². The van der Waals surface area contributed by atoms with Crippen LogP contribution in [0.4, 0.5) is 5.82 Å². The van der Waals surface area contributed by atoms with Gasteiger partial charge in [-0.1, -0.05) is 6.07 Å². The van der Waals surface area contributed by atoms with Crippen LogP contribution in [-0.4, -0.2) is 38.2 Å². The number of ether oxygens (including phenoxy) is 2. The first-order valence-corrected chi connectivity index (χ1v) is 7.43. The van der Waals surface area contributed by atoms with Crippen molar-refractivity contribution in [1.82, 2.24) is 10.3 Å². The number of fused-ring (bicyclic) bond motifs is 1. The molecule has 1 aliphatic rings. The summed E-state index contributed by atoms with van der Waals surface area (Å²) >= 11 is 0. The number of anilines is 1. The molecule has 1 aromatic carbocycles. The Kier molecular flexibility index (Phi) is 4.32. The van der Waals surface area contributed by atoms with E-state index in [0.29, 0.717) is 25.3 Å². The number of nitrogens with one attached hydrogen (secondary N) is 1. The van der Waals surface area contributed by atoms with Gasteiger partial charge in [-0.05, 0) is 29.8 Å². The average molecular weight is 313 g/mol. The number of pyridine rings is 1. The molecule has 0 spiro atoms. The summed E-state index contributed by atoms with van der Waals surface area (Å²) < 4.78 is 11.0. The Labute approximate surface area is 135 Å². The number of hydrogen-bond donors (Lipinski definition) is 1. The molecule has 1 aliphatic heterocycles. The van der Waals surface area contributed by atoms with Crippen molar-refractivity contribution in [3.05, 3.63) is 47.7 Å². The van der Waals surface area contributed by atoms with Crippen LogP contribution in [0.2, 0.25) is 0 Å². The Morgan fingerprint density at radius 3 is 2.65 bits per heavy atom. The lowest BCUT2D eigenvalue weighted by Gasteiger charge is -2.19. The fraction of sp³-hybridized carbons (Fsp3) is 0.294. The van der Waals surface area contributed by atoms with Crippen LogP contribution < -0.4 is 19.7 Å². The Morgan fingerprint density at radius 1 is 1.17 bits per heavy atom. The van der Waals surface area contributed by atoms with Gasteiger partial charge in [-0.15, -0.1) is 0 Å². The number of hydrogen-bond acceptors (Lipinski definition) is 5. The number of carbonyl (C=O) groups excluding carboxylic acids is 1. The largest absolute Gasteiger partial charge is 0.486 e. The Bertz CT molecular complexity index is 699. The molecule has 6 nitrogen and oxygen atoms in total. The highest BCUT2D eigenvalue weighted by atomic mass is 16.6. The molecule has 0 unspecified atom stereocenters. The predicted molar refractivity (Wildman–Crippen MR) is 87.2 cm³/mol. The Morgan fingerprint density at radius 2 is 1.96 bits per heavy atom. The summed E-state index contributed by atoms with van der Waals surface area (Å²) in [6.45, 7) is 1.54. The fourth-order valence-corrected chi connectivity index (χ4v) is 2.27. The minimum atomic E-state index is -0.155. The minimum absolute atomic E-state index is 0.155. The third-order valence-electron chi connectivity index (χ3n) is 3.53. The van der Waals surface area contributed by atoms with Crippen molar-refractivity contribution in [2.75, 3.05) is 32.2 Å². The van der Waals surface area contributed by atoms with E-state index in [4.69, 9.17) is 9.47 Å². The van der Waals surface area contributed by atoms with E-state index in [0.717, 1.165) is 22.9 Å². The third kappa shape index (κ3) is 3.53. The van der Waals surface area contributed by atoms with Crippen LogP contribution in [0, 0.1) is 0 Å². The lowest BCUT2D eigenvalue weighted by Crippen LogP contribution is -2.23. The van der Waals surface area contributed by atoms with E-state index in [2.05, 4.69) is 10.3 Å². The fourth-order valence-electron chi connectivity index (χ4n) is 2.27. The van der Waals surface area contributed by atoms with E-state index in [1.807, 2.05) is 43.3 Å². The molecule has 6 heteroatoms. The van der Waals surface area contributed by atoms with Gasteiger partial charge in [0.05, 0.1) is 5.56 Å². The van der Waals surface area contributed by atoms with E-state index in [1.54, 1.807) is 12.3 Å². The van der Waals surface area contributed by atoms with Crippen molar-refractivity contribution >= 4 is 11.7 Å². The molecule has 3 rings (SSSR count). The minimum Gasteiger partial charge on any atom is -0.486 e. The number of rotatable bonds is 4. The highest BCUT2D eigenvalue weighted by molar-refractivity contribution is 5.94. The first kappa shape index (κ1) is 15.1. The van der Waals surface area contributed by atoms with E-state index in [1.165, 1.54) is 0 Å². The standard InChI is InChI=1S/C17H19N3O3/c1-20(2)16-6-4-13(11-18-16)17(21)19-10-12-3-5-14-15(9-12)23-8-7-22-14/h3-6,9,11H,7-8,10H2,1-2H3,(H,19,21). The summed E-state index contributed by atoms with van der Waals surface area (Å²) in [6.07, 6.45) is 1.58. The summed E-state index contributed by atoms with van der Waals surface area (Å²) in [5.41, 5.74) is 1.49. The quantitative estimate of drug-likeness (QED) is 0.933. The maximum Gasteiger partial charge on any atom is 0.253 e. The molecule has 0 fully saturated rings. The molecule has 1 aromatic heterocycles. The average Bonchev–Trinajstić information content (AvgIpc) is 2.59. The lowest BCUT2D eigenvalue weighted by atomic mass is 10.2. The van der Waals surface area contributed by atoms with Gasteiger partial charge in [0.15, 0.2) is 11.5 Å². The Hall–Kier alpha value is -2.76. The van der Waals surface area contributed by atoms with Crippen LogP contribution in [0.15, 0.2) is 36.5 Å². The van der Waals surface area contributed by atoms with Crippen LogP contribution in [0.25, 0.3) is 0 Å². The second kappa shape index (κ2) is 6.56. The maximum atomic E-state index is 12.2. The number of aromatic nitrogens is 1. The van der Waals surface area contributed by atoms with E-state index >= 15 is 0 Å².